The maximum absolute atomic E-state index is 12.1. The summed E-state index contributed by atoms with van der Waals surface area (Å²) in [5.74, 6) is 0.468. The number of carbonyl (C=O) groups excluding carboxylic acids is 1. The predicted molar refractivity (Wildman–Crippen MR) is 92.3 cm³/mol. The Morgan fingerprint density at radius 3 is 2.61 bits per heavy atom. The van der Waals surface area contributed by atoms with Crippen molar-refractivity contribution in [2.75, 3.05) is 18.1 Å². The number of hydrogen-bond donors (Lipinski definition) is 2. The largest absolute Gasteiger partial charge is 0.376 e. The number of benzene rings is 1. The molecular formula is C17H26N2O3S. The second-order valence-electron chi connectivity index (χ2n) is 6.54. The third-order valence-corrected chi connectivity index (χ3v) is 5.64. The third-order valence-electron chi connectivity index (χ3n) is 4.53. The Morgan fingerprint density at radius 2 is 1.96 bits per heavy atom. The van der Waals surface area contributed by atoms with Crippen molar-refractivity contribution in [2.24, 2.45) is 5.92 Å². The van der Waals surface area contributed by atoms with Crippen molar-refractivity contribution < 1.29 is 13.2 Å². The van der Waals surface area contributed by atoms with E-state index in [4.69, 9.17) is 0 Å². The molecule has 5 nitrogen and oxygen atoms in total. The average molecular weight is 338 g/mol. The summed E-state index contributed by atoms with van der Waals surface area (Å²) in [6.07, 6.45) is 5.78. The van der Waals surface area contributed by atoms with E-state index in [1.807, 2.05) is 6.92 Å². The zero-order valence-corrected chi connectivity index (χ0v) is 14.9. The van der Waals surface area contributed by atoms with E-state index in [9.17, 15) is 13.2 Å². The van der Waals surface area contributed by atoms with Crippen LogP contribution in [0.5, 0.6) is 0 Å². The van der Waals surface area contributed by atoms with Crippen LogP contribution >= 0.6 is 0 Å². The van der Waals surface area contributed by atoms with E-state index < -0.39 is 9.84 Å². The molecule has 0 heterocycles. The highest BCUT2D eigenvalue weighted by Crippen LogP contribution is 2.24. The van der Waals surface area contributed by atoms with Gasteiger partial charge in [-0.3, -0.25) is 4.79 Å². The number of hydrogen-bond acceptors (Lipinski definition) is 4. The van der Waals surface area contributed by atoms with Gasteiger partial charge in [0, 0.05) is 18.0 Å². The first-order chi connectivity index (χ1) is 10.8. The summed E-state index contributed by atoms with van der Waals surface area (Å²) < 4.78 is 23.3. The maximum Gasteiger partial charge on any atom is 0.239 e. The van der Waals surface area contributed by atoms with Crippen LogP contribution in [0.15, 0.2) is 23.1 Å². The van der Waals surface area contributed by atoms with Crippen LogP contribution in [0.2, 0.25) is 0 Å². The molecule has 1 aromatic carbocycles. The molecule has 0 radical (unpaired) electrons. The molecule has 0 aromatic heterocycles. The van der Waals surface area contributed by atoms with Crippen LogP contribution in [0.4, 0.5) is 5.69 Å². The summed E-state index contributed by atoms with van der Waals surface area (Å²) in [6, 6.07) is 5.17. The van der Waals surface area contributed by atoms with Crippen molar-refractivity contribution in [3.8, 4) is 0 Å². The van der Waals surface area contributed by atoms with E-state index in [-0.39, 0.29) is 23.4 Å². The van der Waals surface area contributed by atoms with Crippen LogP contribution in [0, 0.1) is 12.8 Å². The second kappa shape index (κ2) is 7.34. The van der Waals surface area contributed by atoms with Crippen molar-refractivity contribution >= 4 is 21.4 Å². The van der Waals surface area contributed by atoms with E-state index in [2.05, 4.69) is 17.6 Å². The van der Waals surface area contributed by atoms with Gasteiger partial charge in [0.1, 0.15) is 0 Å². The quantitative estimate of drug-likeness (QED) is 0.865. The van der Waals surface area contributed by atoms with Crippen LogP contribution in [0.25, 0.3) is 0 Å². The fourth-order valence-corrected chi connectivity index (χ4v) is 3.63. The Bertz CT molecular complexity index is 670. The van der Waals surface area contributed by atoms with E-state index in [1.165, 1.54) is 12.7 Å². The molecule has 0 aliphatic heterocycles. The minimum absolute atomic E-state index is 0.0482. The van der Waals surface area contributed by atoms with Gasteiger partial charge in [-0.15, -0.1) is 0 Å². The van der Waals surface area contributed by atoms with Crippen LogP contribution in [0.3, 0.4) is 0 Å². The van der Waals surface area contributed by atoms with Gasteiger partial charge >= 0.3 is 0 Å². The molecule has 128 valence electrons. The molecule has 2 rings (SSSR count). The second-order valence-corrected chi connectivity index (χ2v) is 8.55. The molecule has 2 atom stereocenters. The standard InChI is InChI=1S/C17H26N2O3S/c1-12-6-4-5-7-15(12)19-17(20)11-18-16-10-14(23(3,21)22)9-8-13(16)2/h8-10,12,15,18H,4-7,11H2,1-3H3,(H,19,20)/t12-,15+/m0/s1. The molecule has 1 fully saturated rings. The van der Waals surface area contributed by atoms with Gasteiger partial charge in [-0.25, -0.2) is 8.42 Å². The minimum Gasteiger partial charge on any atom is -0.376 e. The SMILES string of the molecule is Cc1ccc(S(C)(=O)=O)cc1NCC(=O)N[C@@H]1CCCC[C@@H]1C. The van der Waals surface area contributed by atoms with Gasteiger partial charge in [-0.05, 0) is 43.4 Å². The lowest BCUT2D eigenvalue weighted by Crippen LogP contribution is -2.43. The van der Waals surface area contributed by atoms with Crippen LogP contribution in [-0.4, -0.2) is 33.2 Å². The van der Waals surface area contributed by atoms with Crippen LogP contribution < -0.4 is 10.6 Å². The fraction of sp³-hybridized carbons (Fsp3) is 0.588. The first-order valence-corrected chi connectivity index (χ1v) is 10.0. The molecule has 0 saturated heterocycles. The number of anilines is 1. The van der Waals surface area contributed by atoms with Crippen molar-refractivity contribution in [3.63, 3.8) is 0 Å². The molecular weight excluding hydrogens is 312 g/mol. The summed E-state index contributed by atoms with van der Waals surface area (Å²) in [7, 11) is -3.25. The van der Waals surface area contributed by atoms with E-state index >= 15 is 0 Å². The van der Waals surface area contributed by atoms with Gasteiger partial charge in [-0.1, -0.05) is 25.8 Å². The molecule has 1 aliphatic rings. The van der Waals surface area contributed by atoms with Gasteiger partial charge in [0.15, 0.2) is 9.84 Å². The molecule has 1 aliphatic carbocycles. The Balaban J connectivity index is 1.96. The van der Waals surface area contributed by atoms with Crippen molar-refractivity contribution in [3.05, 3.63) is 23.8 Å². The fourth-order valence-electron chi connectivity index (χ4n) is 2.99. The Kier molecular flexibility index (Phi) is 5.68. The molecule has 2 N–H and O–H groups in total. The minimum atomic E-state index is -3.25. The highest BCUT2D eigenvalue weighted by atomic mass is 32.2. The molecule has 23 heavy (non-hydrogen) atoms. The summed E-state index contributed by atoms with van der Waals surface area (Å²) in [5, 5.41) is 6.14. The first kappa shape index (κ1) is 17.8. The lowest BCUT2D eigenvalue weighted by atomic mass is 9.86. The zero-order chi connectivity index (χ0) is 17.0. The third kappa shape index (κ3) is 4.96. The van der Waals surface area contributed by atoms with E-state index in [1.54, 1.807) is 18.2 Å². The first-order valence-electron chi connectivity index (χ1n) is 8.11. The Labute approximate surface area is 138 Å². The van der Waals surface area contributed by atoms with Gasteiger partial charge in [0.25, 0.3) is 0 Å². The van der Waals surface area contributed by atoms with Crippen molar-refractivity contribution in [2.45, 2.75) is 50.5 Å². The highest BCUT2D eigenvalue weighted by molar-refractivity contribution is 7.90. The van der Waals surface area contributed by atoms with E-state index in [0.717, 1.165) is 24.8 Å². The Morgan fingerprint density at radius 1 is 1.26 bits per heavy atom. The smallest absolute Gasteiger partial charge is 0.239 e. The summed E-state index contributed by atoms with van der Waals surface area (Å²) in [4.78, 5) is 12.4. The lowest BCUT2D eigenvalue weighted by Gasteiger charge is -2.29. The monoisotopic (exact) mass is 338 g/mol. The number of amides is 1. The number of aryl methyl sites for hydroxylation is 1. The van der Waals surface area contributed by atoms with Gasteiger partial charge in [0.05, 0.1) is 11.4 Å². The van der Waals surface area contributed by atoms with E-state index in [0.29, 0.717) is 11.6 Å². The number of rotatable bonds is 5. The molecule has 1 amide bonds. The average Bonchev–Trinajstić information content (AvgIpc) is 2.47. The summed E-state index contributed by atoms with van der Waals surface area (Å²) >= 11 is 0. The molecule has 0 bridgehead atoms. The molecule has 0 unspecified atom stereocenters. The number of carbonyl (C=O) groups is 1. The van der Waals surface area contributed by atoms with Crippen molar-refractivity contribution in [1.82, 2.24) is 5.32 Å². The lowest BCUT2D eigenvalue weighted by molar-refractivity contribution is -0.120. The molecule has 1 saturated carbocycles. The summed E-state index contributed by atoms with van der Waals surface area (Å²) in [5.41, 5.74) is 1.59. The topological polar surface area (TPSA) is 75.3 Å². The predicted octanol–water partition coefficient (Wildman–Crippen LogP) is 2.51. The van der Waals surface area contributed by atoms with Gasteiger partial charge < -0.3 is 10.6 Å². The zero-order valence-electron chi connectivity index (χ0n) is 14.1. The highest BCUT2D eigenvalue weighted by Gasteiger charge is 2.22. The maximum atomic E-state index is 12.1. The van der Waals surface area contributed by atoms with Crippen molar-refractivity contribution in [1.29, 1.82) is 0 Å². The number of nitrogens with one attached hydrogen (secondary N) is 2. The number of sulfone groups is 1. The Hall–Kier alpha value is -1.56. The molecule has 6 heteroatoms. The van der Waals surface area contributed by atoms with Crippen LogP contribution in [0.1, 0.15) is 38.2 Å². The normalized spacial score (nSPS) is 21.7. The molecule has 0 spiro atoms. The van der Waals surface area contributed by atoms with Gasteiger partial charge in [0.2, 0.25) is 5.91 Å². The molecule has 1 aromatic rings. The summed E-state index contributed by atoms with van der Waals surface area (Å²) in [6.45, 7) is 4.21. The van der Waals surface area contributed by atoms with Crippen LogP contribution in [-0.2, 0) is 14.6 Å². The van der Waals surface area contributed by atoms with Gasteiger partial charge in [-0.2, -0.15) is 0 Å².